The number of carbonyl (C=O) groups is 1. The van der Waals surface area contributed by atoms with Gasteiger partial charge in [0.15, 0.2) is 6.61 Å². The molecule has 0 radical (unpaired) electrons. The molecule has 22 heavy (non-hydrogen) atoms. The Morgan fingerprint density at radius 2 is 2.00 bits per heavy atom. The van der Waals surface area contributed by atoms with Crippen molar-refractivity contribution in [3.05, 3.63) is 24.3 Å². The van der Waals surface area contributed by atoms with E-state index in [2.05, 4.69) is 0 Å². The van der Waals surface area contributed by atoms with Crippen LogP contribution in [0.4, 0.5) is 0 Å². The number of aliphatic hydroxyl groups is 1. The van der Waals surface area contributed by atoms with Gasteiger partial charge in [-0.15, -0.1) is 0 Å². The topological polar surface area (TPSA) is 59.0 Å². The van der Waals surface area contributed by atoms with Crippen LogP contribution >= 0.6 is 0 Å². The third-order valence-corrected chi connectivity index (χ3v) is 4.67. The van der Waals surface area contributed by atoms with Crippen LogP contribution in [-0.4, -0.2) is 48.3 Å². The number of likely N-dealkylation sites (tertiary alicyclic amines) is 1. The van der Waals surface area contributed by atoms with Crippen LogP contribution in [-0.2, 0) is 4.79 Å². The van der Waals surface area contributed by atoms with Crippen molar-refractivity contribution >= 4 is 5.91 Å². The first-order chi connectivity index (χ1) is 10.2. The van der Waals surface area contributed by atoms with E-state index in [9.17, 15) is 9.90 Å². The van der Waals surface area contributed by atoms with Crippen LogP contribution < -0.4 is 9.47 Å². The minimum atomic E-state index is -0.753. The number of benzene rings is 1. The van der Waals surface area contributed by atoms with Gasteiger partial charge in [-0.3, -0.25) is 4.79 Å². The minimum Gasteiger partial charge on any atom is -0.497 e. The summed E-state index contributed by atoms with van der Waals surface area (Å²) in [5.74, 6) is 1.24. The molecule has 1 fully saturated rings. The molecule has 1 aliphatic heterocycles. The highest BCUT2D eigenvalue weighted by atomic mass is 16.5. The third kappa shape index (κ3) is 3.53. The number of rotatable bonds is 4. The van der Waals surface area contributed by atoms with E-state index >= 15 is 0 Å². The van der Waals surface area contributed by atoms with Gasteiger partial charge in [0, 0.05) is 24.6 Å². The molecule has 0 bridgehead atoms. The Morgan fingerprint density at radius 3 is 2.64 bits per heavy atom. The molecule has 1 N–H and O–H groups in total. The fourth-order valence-electron chi connectivity index (χ4n) is 2.56. The van der Waals surface area contributed by atoms with Crippen LogP contribution in [0.1, 0.15) is 27.2 Å². The fourth-order valence-corrected chi connectivity index (χ4v) is 2.56. The normalized spacial score (nSPS) is 24.0. The van der Waals surface area contributed by atoms with Crippen LogP contribution in [0.25, 0.3) is 0 Å². The molecule has 122 valence electrons. The van der Waals surface area contributed by atoms with Gasteiger partial charge in [0.05, 0.1) is 12.7 Å². The molecule has 5 heteroatoms. The number of hydrogen-bond acceptors (Lipinski definition) is 4. The molecule has 1 aromatic rings. The van der Waals surface area contributed by atoms with E-state index in [1.54, 1.807) is 24.1 Å². The van der Waals surface area contributed by atoms with Gasteiger partial charge in [-0.1, -0.05) is 19.9 Å². The lowest BCUT2D eigenvalue weighted by atomic mass is 9.71. The van der Waals surface area contributed by atoms with Crippen molar-refractivity contribution in [1.29, 1.82) is 0 Å². The van der Waals surface area contributed by atoms with Crippen LogP contribution in [0, 0.1) is 5.41 Å². The van der Waals surface area contributed by atoms with E-state index in [0.29, 0.717) is 31.0 Å². The maximum atomic E-state index is 12.3. The van der Waals surface area contributed by atoms with Gasteiger partial charge in [-0.2, -0.15) is 0 Å². The van der Waals surface area contributed by atoms with Crippen molar-refractivity contribution in [2.45, 2.75) is 32.8 Å². The fraction of sp³-hybridized carbons (Fsp3) is 0.588. The Hall–Kier alpha value is -1.75. The van der Waals surface area contributed by atoms with Gasteiger partial charge in [0.1, 0.15) is 11.5 Å². The van der Waals surface area contributed by atoms with Crippen molar-refractivity contribution < 1.29 is 19.4 Å². The smallest absolute Gasteiger partial charge is 0.260 e. The van der Waals surface area contributed by atoms with E-state index < -0.39 is 5.60 Å². The minimum absolute atomic E-state index is 0.00854. The molecule has 5 nitrogen and oxygen atoms in total. The van der Waals surface area contributed by atoms with Crippen LogP contribution in [0.5, 0.6) is 11.5 Å². The molecule has 1 saturated heterocycles. The third-order valence-electron chi connectivity index (χ3n) is 4.67. The quantitative estimate of drug-likeness (QED) is 0.925. The Balaban J connectivity index is 1.93. The highest BCUT2D eigenvalue weighted by Gasteiger charge is 2.45. The van der Waals surface area contributed by atoms with E-state index in [1.807, 2.05) is 32.9 Å². The van der Waals surface area contributed by atoms with E-state index in [-0.39, 0.29) is 17.9 Å². The SMILES string of the molecule is COc1cccc(OCC(=O)N2CC[C@](C)(O)C(C)(C)C2)c1. The van der Waals surface area contributed by atoms with Crippen molar-refractivity contribution in [1.82, 2.24) is 4.90 Å². The first kappa shape index (κ1) is 16.6. The molecule has 1 amide bonds. The average molecular weight is 307 g/mol. The first-order valence-corrected chi connectivity index (χ1v) is 7.52. The molecule has 1 heterocycles. The van der Waals surface area contributed by atoms with Crippen LogP contribution in [0.3, 0.4) is 0 Å². The zero-order valence-corrected chi connectivity index (χ0v) is 13.8. The summed E-state index contributed by atoms with van der Waals surface area (Å²) < 4.78 is 10.7. The van der Waals surface area contributed by atoms with Gasteiger partial charge in [-0.25, -0.2) is 0 Å². The molecule has 0 aliphatic carbocycles. The molecular formula is C17H25NO4. The second-order valence-electron chi connectivity index (χ2n) is 6.69. The lowest BCUT2D eigenvalue weighted by Crippen LogP contribution is -2.57. The Bertz CT molecular complexity index is 539. The van der Waals surface area contributed by atoms with Gasteiger partial charge in [-0.05, 0) is 25.5 Å². The summed E-state index contributed by atoms with van der Waals surface area (Å²) >= 11 is 0. The Labute approximate surface area is 131 Å². The number of hydrogen-bond donors (Lipinski definition) is 1. The van der Waals surface area contributed by atoms with Crippen LogP contribution in [0.15, 0.2) is 24.3 Å². The molecule has 0 unspecified atom stereocenters. The predicted octanol–water partition coefficient (Wildman–Crippen LogP) is 2.08. The lowest BCUT2D eigenvalue weighted by Gasteiger charge is -2.48. The summed E-state index contributed by atoms with van der Waals surface area (Å²) in [6.07, 6.45) is 0.574. The second-order valence-corrected chi connectivity index (χ2v) is 6.69. The van der Waals surface area contributed by atoms with Gasteiger partial charge >= 0.3 is 0 Å². The monoisotopic (exact) mass is 307 g/mol. The number of ether oxygens (including phenoxy) is 2. The van der Waals surface area contributed by atoms with E-state index in [4.69, 9.17) is 9.47 Å². The van der Waals surface area contributed by atoms with Crippen molar-refractivity contribution in [3.8, 4) is 11.5 Å². The summed E-state index contributed by atoms with van der Waals surface area (Å²) in [5, 5.41) is 10.4. The number of piperidine rings is 1. The maximum absolute atomic E-state index is 12.3. The summed E-state index contributed by atoms with van der Waals surface area (Å²) in [5.41, 5.74) is -1.09. The second kappa shape index (κ2) is 6.16. The van der Waals surface area contributed by atoms with Gasteiger partial charge in [0.2, 0.25) is 0 Å². The molecule has 1 aromatic carbocycles. The molecule has 1 aliphatic rings. The summed E-state index contributed by atoms with van der Waals surface area (Å²) in [6.45, 7) is 6.87. The highest BCUT2D eigenvalue weighted by molar-refractivity contribution is 5.78. The van der Waals surface area contributed by atoms with Gasteiger partial charge < -0.3 is 19.5 Å². The standard InChI is InChI=1S/C17H25NO4/c1-16(2)12-18(9-8-17(16,3)20)15(19)11-22-14-7-5-6-13(10-14)21-4/h5-7,10,20H,8-9,11-12H2,1-4H3/t17-/m0/s1. The average Bonchev–Trinajstić information content (AvgIpc) is 2.48. The van der Waals surface area contributed by atoms with Gasteiger partial charge in [0.25, 0.3) is 5.91 Å². The van der Waals surface area contributed by atoms with Crippen molar-refractivity contribution in [2.24, 2.45) is 5.41 Å². The molecule has 1 atom stereocenters. The molecule has 0 aromatic heterocycles. The summed E-state index contributed by atoms with van der Waals surface area (Å²) in [4.78, 5) is 14.1. The van der Waals surface area contributed by atoms with Crippen molar-refractivity contribution in [2.75, 3.05) is 26.8 Å². The molecule has 2 rings (SSSR count). The van der Waals surface area contributed by atoms with Crippen molar-refractivity contribution in [3.63, 3.8) is 0 Å². The van der Waals surface area contributed by atoms with E-state index in [1.165, 1.54) is 0 Å². The van der Waals surface area contributed by atoms with E-state index in [0.717, 1.165) is 0 Å². The molecule has 0 spiro atoms. The largest absolute Gasteiger partial charge is 0.497 e. The number of amides is 1. The highest BCUT2D eigenvalue weighted by Crippen LogP contribution is 2.38. The number of nitrogens with zero attached hydrogens (tertiary/aromatic N) is 1. The Morgan fingerprint density at radius 1 is 1.32 bits per heavy atom. The lowest BCUT2D eigenvalue weighted by molar-refractivity contribution is -0.148. The molecule has 0 saturated carbocycles. The molecular weight excluding hydrogens is 282 g/mol. The predicted molar refractivity (Wildman–Crippen MR) is 84.1 cm³/mol. The number of carbonyl (C=O) groups excluding carboxylic acids is 1. The zero-order chi connectivity index (χ0) is 16.4. The zero-order valence-electron chi connectivity index (χ0n) is 13.8. The Kier molecular flexibility index (Phi) is 4.66. The number of methoxy groups -OCH3 is 1. The summed E-state index contributed by atoms with van der Waals surface area (Å²) in [7, 11) is 1.59. The first-order valence-electron chi connectivity index (χ1n) is 7.52. The van der Waals surface area contributed by atoms with Crippen LogP contribution in [0.2, 0.25) is 0 Å². The maximum Gasteiger partial charge on any atom is 0.260 e. The summed E-state index contributed by atoms with van der Waals surface area (Å²) in [6, 6.07) is 7.18.